The van der Waals surface area contributed by atoms with E-state index in [4.69, 9.17) is 4.74 Å². The highest BCUT2D eigenvalue weighted by Gasteiger charge is 2.30. The Morgan fingerprint density at radius 1 is 1.25 bits per heavy atom. The third-order valence-electron chi connectivity index (χ3n) is 3.98. The van der Waals surface area contributed by atoms with Gasteiger partial charge in [0, 0.05) is 11.4 Å². The number of carbonyl (C=O) groups is 1. The Hall–Kier alpha value is -2.96. The van der Waals surface area contributed by atoms with E-state index in [0.29, 0.717) is 18.1 Å². The Morgan fingerprint density at radius 2 is 2.04 bits per heavy atom. The molecular weight excluding hydrogens is 306 g/mol. The van der Waals surface area contributed by atoms with Crippen molar-refractivity contribution in [1.29, 1.82) is 0 Å². The van der Waals surface area contributed by atoms with E-state index in [2.05, 4.69) is 15.1 Å². The smallest absolute Gasteiger partial charge is 0.298 e. The van der Waals surface area contributed by atoms with E-state index in [1.807, 2.05) is 51.1 Å². The summed E-state index contributed by atoms with van der Waals surface area (Å²) in [6, 6.07) is 9.39. The minimum Gasteiger partial charge on any atom is -0.487 e. The summed E-state index contributed by atoms with van der Waals surface area (Å²) < 4.78 is 7.38. The summed E-state index contributed by atoms with van der Waals surface area (Å²) in [5, 5.41) is 4.34. The van der Waals surface area contributed by atoms with Gasteiger partial charge in [-0.05, 0) is 39.0 Å². The summed E-state index contributed by atoms with van der Waals surface area (Å²) in [6.07, 6.45) is -0.0945. The average molecular weight is 323 g/mol. The maximum Gasteiger partial charge on any atom is 0.298 e. The summed E-state index contributed by atoms with van der Waals surface area (Å²) in [5.41, 5.74) is 2.47. The molecule has 1 unspecified atom stereocenters. The summed E-state index contributed by atoms with van der Waals surface area (Å²) in [7, 11) is 0. The predicted octanol–water partition coefficient (Wildman–Crippen LogP) is 2.17. The topological polar surface area (TPSA) is 72.6 Å². The minimum absolute atomic E-state index is 0.0945. The van der Waals surface area contributed by atoms with Crippen LogP contribution in [0.25, 0.3) is 5.78 Å². The molecule has 7 heteroatoms. The molecule has 0 radical (unpaired) electrons. The van der Waals surface area contributed by atoms with Crippen molar-refractivity contribution in [3.05, 3.63) is 47.5 Å². The number of anilines is 1. The van der Waals surface area contributed by atoms with Crippen molar-refractivity contribution < 1.29 is 9.53 Å². The van der Waals surface area contributed by atoms with E-state index in [1.54, 1.807) is 9.42 Å². The number of benzene rings is 1. The Kier molecular flexibility index (Phi) is 3.23. The molecule has 1 aliphatic rings. The van der Waals surface area contributed by atoms with Gasteiger partial charge in [0.05, 0.1) is 12.2 Å². The Bertz CT molecular complexity index is 949. The summed E-state index contributed by atoms with van der Waals surface area (Å²) in [6.45, 7) is 6.19. The largest absolute Gasteiger partial charge is 0.487 e. The molecule has 3 heterocycles. The molecule has 0 bridgehead atoms. The SMILES string of the molecule is Cc1cc(C)n2nc(C(=O)N3CC(C)Oc4ccccc43)nc2n1. The molecule has 1 aliphatic heterocycles. The highest BCUT2D eigenvalue weighted by atomic mass is 16.5. The van der Waals surface area contributed by atoms with Crippen LogP contribution >= 0.6 is 0 Å². The van der Waals surface area contributed by atoms with Crippen LogP contribution < -0.4 is 9.64 Å². The normalized spacial score (nSPS) is 16.8. The molecule has 0 saturated carbocycles. The van der Waals surface area contributed by atoms with Crippen molar-refractivity contribution in [2.75, 3.05) is 11.4 Å². The van der Waals surface area contributed by atoms with Gasteiger partial charge in [0.15, 0.2) is 0 Å². The van der Waals surface area contributed by atoms with E-state index in [9.17, 15) is 4.79 Å². The van der Waals surface area contributed by atoms with Gasteiger partial charge in [0.2, 0.25) is 5.82 Å². The van der Waals surface area contributed by atoms with E-state index >= 15 is 0 Å². The first-order valence-electron chi connectivity index (χ1n) is 7.81. The van der Waals surface area contributed by atoms with Gasteiger partial charge in [-0.1, -0.05) is 12.1 Å². The zero-order valence-corrected chi connectivity index (χ0v) is 13.7. The van der Waals surface area contributed by atoms with E-state index in [1.165, 1.54) is 0 Å². The molecule has 0 saturated heterocycles. The van der Waals surface area contributed by atoms with Gasteiger partial charge in [-0.3, -0.25) is 9.69 Å². The Balaban J connectivity index is 1.78. The Labute approximate surface area is 138 Å². The summed E-state index contributed by atoms with van der Waals surface area (Å²) in [5.74, 6) is 1.02. The van der Waals surface area contributed by atoms with Crippen LogP contribution in [0.2, 0.25) is 0 Å². The second-order valence-electron chi connectivity index (χ2n) is 6.00. The van der Waals surface area contributed by atoms with E-state index < -0.39 is 0 Å². The fourth-order valence-corrected chi connectivity index (χ4v) is 2.96. The van der Waals surface area contributed by atoms with Gasteiger partial charge in [0.25, 0.3) is 11.7 Å². The molecule has 1 amide bonds. The van der Waals surface area contributed by atoms with Gasteiger partial charge >= 0.3 is 0 Å². The molecule has 122 valence electrons. The van der Waals surface area contributed by atoms with Crippen molar-refractivity contribution in [3.8, 4) is 5.75 Å². The van der Waals surface area contributed by atoms with Gasteiger partial charge in [-0.2, -0.15) is 4.98 Å². The highest BCUT2D eigenvalue weighted by molar-refractivity contribution is 6.05. The van der Waals surface area contributed by atoms with Crippen molar-refractivity contribution >= 4 is 17.4 Å². The number of hydrogen-bond acceptors (Lipinski definition) is 5. The number of para-hydroxylation sites is 2. The first-order chi connectivity index (χ1) is 11.5. The summed E-state index contributed by atoms with van der Waals surface area (Å²) in [4.78, 5) is 23.3. The predicted molar refractivity (Wildman–Crippen MR) is 88.5 cm³/mol. The minimum atomic E-state index is -0.250. The van der Waals surface area contributed by atoms with Gasteiger partial charge in [-0.15, -0.1) is 5.10 Å². The molecule has 4 rings (SSSR count). The Morgan fingerprint density at radius 3 is 2.88 bits per heavy atom. The maximum atomic E-state index is 13.0. The zero-order valence-electron chi connectivity index (χ0n) is 13.7. The summed E-state index contributed by atoms with van der Waals surface area (Å²) >= 11 is 0. The lowest BCUT2D eigenvalue weighted by Gasteiger charge is -2.32. The lowest BCUT2D eigenvalue weighted by atomic mass is 10.2. The van der Waals surface area contributed by atoms with Crippen molar-refractivity contribution in [2.24, 2.45) is 0 Å². The number of hydrogen-bond donors (Lipinski definition) is 0. The number of ether oxygens (including phenoxy) is 1. The van der Waals surface area contributed by atoms with Crippen LogP contribution in [0.3, 0.4) is 0 Å². The molecule has 1 aromatic carbocycles. The van der Waals surface area contributed by atoms with Crippen molar-refractivity contribution in [1.82, 2.24) is 19.6 Å². The van der Waals surface area contributed by atoms with Crippen LogP contribution in [0.15, 0.2) is 30.3 Å². The van der Waals surface area contributed by atoms with Gasteiger partial charge in [0.1, 0.15) is 11.9 Å². The number of carbonyl (C=O) groups excluding carboxylic acids is 1. The van der Waals surface area contributed by atoms with E-state index in [0.717, 1.165) is 17.1 Å². The molecule has 0 fully saturated rings. The molecule has 24 heavy (non-hydrogen) atoms. The highest BCUT2D eigenvalue weighted by Crippen LogP contribution is 2.33. The first kappa shape index (κ1) is 14.6. The van der Waals surface area contributed by atoms with Crippen LogP contribution in [-0.2, 0) is 0 Å². The van der Waals surface area contributed by atoms with Crippen LogP contribution in [0.1, 0.15) is 28.9 Å². The number of rotatable bonds is 1. The number of fused-ring (bicyclic) bond motifs is 2. The molecule has 0 aliphatic carbocycles. The monoisotopic (exact) mass is 323 g/mol. The molecule has 7 nitrogen and oxygen atoms in total. The fourth-order valence-electron chi connectivity index (χ4n) is 2.96. The molecule has 0 N–H and O–H groups in total. The van der Waals surface area contributed by atoms with Crippen molar-refractivity contribution in [3.63, 3.8) is 0 Å². The molecule has 2 aromatic heterocycles. The van der Waals surface area contributed by atoms with Gasteiger partial charge in [-0.25, -0.2) is 9.50 Å². The molecule has 0 spiro atoms. The number of amides is 1. The van der Waals surface area contributed by atoms with Gasteiger partial charge < -0.3 is 4.74 Å². The second-order valence-corrected chi connectivity index (χ2v) is 6.00. The first-order valence-corrected chi connectivity index (χ1v) is 7.81. The van der Waals surface area contributed by atoms with Crippen LogP contribution in [0.4, 0.5) is 5.69 Å². The molecular formula is C17H17N5O2. The lowest BCUT2D eigenvalue weighted by Crippen LogP contribution is -2.42. The lowest BCUT2D eigenvalue weighted by molar-refractivity contribution is 0.0951. The van der Waals surface area contributed by atoms with Crippen LogP contribution in [-0.4, -0.2) is 38.1 Å². The maximum absolute atomic E-state index is 13.0. The fraction of sp³-hybridized carbons (Fsp3) is 0.294. The quantitative estimate of drug-likeness (QED) is 0.686. The second kappa shape index (κ2) is 5.30. The number of nitrogens with zero attached hydrogens (tertiary/aromatic N) is 5. The average Bonchev–Trinajstić information content (AvgIpc) is 2.97. The van der Waals surface area contributed by atoms with Crippen LogP contribution in [0.5, 0.6) is 5.75 Å². The molecule has 1 atom stereocenters. The van der Waals surface area contributed by atoms with E-state index in [-0.39, 0.29) is 17.8 Å². The van der Waals surface area contributed by atoms with Crippen LogP contribution in [0, 0.1) is 13.8 Å². The third kappa shape index (κ3) is 2.29. The number of aromatic nitrogens is 4. The number of aryl methyl sites for hydroxylation is 2. The third-order valence-corrected chi connectivity index (χ3v) is 3.98. The standard InChI is InChI=1S/C17H17N5O2/c1-10-8-11(2)22-17(18-10)19-15(20-22)16(23)21-9-12(3)24-14-7-5-4-6-13(14)21/h4-8,12H,9H2,1-3H3. The zero-order chi connectivity index (χ0) is 16.8. The van der Waals surface area contributed by atoms with Crippen molar-refractivity contribution in [2.45, 2.75) is 26.9 Å². The molecule has 3 aromatic rings.